The SMILES string of the molecule is Cc1ccccc1N1C(=O)C(SC(C)C)=C(c2ccc(OC(C)C)cc2)C1=O. The number of anilines is 1. The summed E-state index contributed by atoms with van der Waals surface area (Å²) in [4.78, 5) is 28.3. The maximum Gasteiger partial charge on any atom is 0.272 e. The van der Waals surface area contributed by atoms with Crippen molar-refractivity contribution in [3.8, 4) is 5.75 Å². The van der Waals surface area contributed by atoms with Gasteiger partial charge in [-0.25, -0.2) is 4.90 Å². The Balaban J connectivity index is 2.05. The third-order valence-corrected chi connectivity index (χ3v) is 5.35. The van der Waals surface area contributed by atoms with Crippen molar-refractivity contribution in [2.75, 3.05) is 4.90 Å². The molecule has 0 spiro atoms. The van der Waals surface area contributed by atoms with Crippen LogP contribution in [0.15, 0.2) is 53.4 Å². The van der Waals surface area contributed by atoms with Gasteiger partial charge in [-0.2, -0.15) is 0 Å². The van der Waals surface area contributed by atoms with E-state index < -0.39 is 0 Å². The fraction of sp³-hybridized carbons (Fsp3) is 0.304. The lowest BCUT2D eigenvalue weighted by Crippen LogP contribution is -2.32. The Morgan fingerprint density at radius 1 is 0.893 bits per heavy atom. The van der Waals surface area contributed by atoms with E-state index in [0.717, 1.165) is 16.9 Å². The standard InChI is InChI=1S/C23H25NO3S/c1-14(2)27-18-12-10-17(11-13-18)20-21(28-15(3)4)23(26)24(22(20)25)19-9-7-6-8-16(19)5/h6-15H,1-5H3. The minimum Gasteiger partial charge on any atom is -0.491 e. The molecule has 1 aliphatic heterocycles. The van der Waals surface area contributed by atoms with Crippen molar-refractivity contribution in [3.05, 3.63) is 64.6 Å². The molecule has 0 atom stereocenters. The Kier molecular flexibility index (Phi) is 5.94. The Hall–Kier alpha value is -2.53. The van der Waals surface area contributed by atoms with Crippen molar-refractivity contribution in [3.63, 3.8) is 0 Å². The molecule has 0 saturated heterocycles. The van der Waals surface area contributed by atoms with Crippen molar-refractivity contribution in [1.29, 1.82) is 0 Å². The van der Waals surface area contributed by atoms with Gasteiger partial charge in [-0.15, -0.1) is 11.8 Å². The van der Waals surface area contributed by atoms with Gasteiger partial charge in [-0.1, -0.05) is 44.2 Å². The summed E-state index contributed by atoms with van der Waals surface area (Å²) in [5, 5.41) is 0.183. The normalized spacial score (nSPS) is 14.6. The monoisotopic (exact) mass is 395 g/mol. The van der Waals surface area contributed by atoms with Crippen molar-refractivity contribution in [2.24, 2.45) is 0 Å². The number of rotatable bonds is 6. The maximum atomic E-state index is 13.3. The zero-order valence-corrected chi connectivity index (χ0v) is 17.7. The summed E-state index contributed by atoms with van der Waals surface area (Å²) in [5.41, 5.74) is 2.71. The predicted molar refractivity (Wildman–Crippen MR) is 116 cm³/mol. The molecule has 2 aromatic carbocycles. The lowest BCUT2D eigenvalue weighted by molar-refractivity contribution is -0.119. The van der Waals surface area contributed by atoms with Crippen molar-refractivity contribution in [1.82, 2.24) is 0 Å². The first-order valence-electron chi connectivity index (χ1n) is 9.42. The second-order valence-corrected chi connectivity index (χ2v) is 8.88. The summed E-state index contributed by atoms with van der Waals surface area (Å²) >= 11 is 1.43. The highest BCUT2D eigenvalue weighted by molar-refractivity contribution is 8.04. The van der Waals surface area contributed by atoms with Crippen LogP contribution < -0.4 is 9.64 Å². The molecule has 0 aliphatic carbocycles. The Labute approximate surface area is 170 Å². The van der Waals surface area contributed by atoms with E-state index in [1.807, 2.05) is 83.1 Å². The van der Waals surface area contributed by atoms with Crippen LogP contribution in [0.3, 0.4) is 0 Å². The molecule has 0 radical (unpaired) electrons. The number of carbonyl (C=O) groups excluding carboxylic acids is 2. The van der Waals surface area contributed by atoms with Crippen molar-refractivity contribution >= 4 is 34.8 Å². The maximum absolute atomic E-state index is 13.3. The largest absolute Gasteiger partial charge is 0.491 e. The van der Waals surface area contributed by atoms with Crippen LogP contribution in [0.5, 0.6) is 5.75 Å². The van der Waals surface area contributed by atoms with E-state index in [9.17, 15) is 9.59 Å². The van der Waals surface area contributed by atoms with Crippen LogP contribution in [0, 0.1) is 6.92 Å². The van der Waals surface area contributed by atoms with Gasteiger partial charge in [0.1, 0.15) is 5.75 Å². The second kappa shape index (κ2) is 8.23. The van der Waals surface area contributed by atoms with Gasteiger partial charge in [0, 0.05) is 5.25 Å². The zero-order chi connectivity index (χ0) is 20.4. The number of amides is 2. The first kappa shape index (κ1) is 20.2. The van der Waals surface area contributed by atoms with E-state index in [1.165, 1.54) is 16.7 Å². The summed E-state index contributed by atoms with van der Waals surface area (Å²) in [6.07, 6.45) is 0.0726. The van der Waals surface area contributed by atoms with Gasteiger partial charge in [0.15, 0.2) is 0 Å². The number of hydrogen-bond acceptors (Lipinski definition) is 4. The van der Waals surface area contributed by atoms with Crippen LogP contribution in [-0.4, -0.2) is 23.2 Å². The van der Waals surface area contributed by atoms with Crippen LogP contribution in [0.2, 0.25) is 0 Å². The molecule has 5 heteroatoms. The third-order valence-electron chi connectivity index (χ3n) is 4.27. The van der Waals surface area contributed by atoms with Crippen LogP contribution in [0.25, 0.3) is 5.57 Å². The molecule has 146 valence electrons. The number of ether oxygens (including phenoxy) is 1. The van der Waals surface area contributed by atoms with Gasteiger partial charge in [-0.05, 0) is 50.1 Å². The van der Waals surface area contributed by atoms with Gasteiger partial charge in [-0.3, -0.25) is 9.59 Å². The minimum absolute atomic E-state index is 0.0726. The highest BCUT2D eigenvalue weighted by Crippen LogP contribution is 2.40. The lowest BCUT2D eigenvalue weighted by Gasteiger charge is -2.17. The second-order valence-electron chi connectivity index (χ2n) is 7.29. The number of thioether (sulfide) groups is 1. The van der Waals surface area contributed by atoms with E-state index >= 15 is 0 Å². The number of para-hydroxylation sites is 1. The number of hydrogen-bond donors (Lipinski definition) is 0. The van der Waals surface area contributed by atoms with E-state index in [1.54, 1.807) is 0 Å². The number of carbonyl (C=O) groups is 2. The van der Waals surface area contributed by atoms with E-state index in [-0.39, 0.29) is 23.2 Å². The summed E-state index contributed by atoms with van der Waals surface area (Å²) in [7, 11) is 0. The Morgan fingerprint density at radius 2 is 1.54 bits per heavy atom. The van der Waals surface area contributed by atoms with Gasteiger partial charge in [0.2, 0.25) is 0 Å². The molecule has 0 unspecified atom stereocenters. The van der Waals surface area contributed by atoms with Gasteiger partial charge in [0.05, 0.1) is 22.3 Å². The van der Waals surface area contributed by atoms with Crippen LogP contribution in [0.1, 0.15) is 38.8 Å². The summed E-state index contributed by atoms with van der Waals surface area (Å²) in [6, 6.07) is 14.8. The Bertz CT molecular complexity index is 929. The van der Waals surface area contributed by atoms with Crippen molar-refractivity contribution in [2.45, 2.75) is 46.0 Å². The Morgan fingerprint density at radius 3 is 2.11 bits per heavy atom. The zero-order valence-electron chi connectivity index (χ0n) is 16.9. The van der Waals surface area contributed by atoms with E-state index in [2.05, 4.69) is 0 Å². The fourth-order valence-electron chi connectivity index (χ4n) is 3.11. The quantitative estimate of drug-likeness (QED) is 0.630. The van der Waals surface area contributed by atoms with Crippen LogP contribution in [0.4, 0.5) is 5.69 Å². The molecule has 2 aromatic rings. The fourth-order valence-corrected chi connectivity index (χ4v) is 4.10. The van der Waals surface area contributed by atoms with Gasteiger partial charge in [0.25, 0.3) is 11.8 Å². The first-order chi connectivity index (χ1) is 13.3. The van der Waals surface area contributed by atoms with Crippen LogP contribution >= 0.6 is 11.8 Å². The molecule has 3 rings (SSSR count). The van der Waals surface area contributed by atoms with E-state index in [0.29, 0.717) is 16.2 Å². The number of aryl methyl sites for hydroxylation is 1. The average molecular weight is 396 g/mol. The minimum atomic E-state index is -0.278. The van der Waals surface area contributed by atoms with Crippen molar-refractivity contribution < 1.29 is 14.3 Å². The molecule has 0 bridgehead atoms. The number of imide groups is 1. The molecule has 0 N–H and O–H groups in total. The summed E-state index contributed by atoms with van der Waals surface area (Å²) in [5.74, 6) is 0.209. The van der Waals surface area contributed by atoms with Gasteiger partial charge < -0.3 is 4.74 Å². The number of nitrogens with zero attached hydrogens (tertiary/aromatic N) is 1. The highest BCUT2D eigenvalue weighted by Gasteiger charge is 2.40. The van der Waals surface area contributed by atoms with E-state index in [4.69, 9.17) is 4.74 Å². The summed E-state index contributed by atoms with van der Waals surface area (Å²) < 4.78 is 5.69. The molecule has 4 nitrogen and oxygen atoms in total. The smallest absolute Gasteiger partial charge is 0.272 e. The third kappa shape index (κ3) is 3.99. The topological polar surface area (TPSA) is 46.6 Å². The number of benzene rings is 2. The molecular formula is C23H25NO3S. The molecular weight excluding hydrogens is 370 g/mol. The lowest BCUT2D eigenvalue weighted by atomic mass is 10.1. The molecule has 0 aromatic heterocycles. The molecule has 2 amide bonds. The summed E-state index contributed by atoms with van der Waals surface area (Å²) in [6.45, 7) is 9.87. The highest BCUT2D eigenvalue weighted by atomic mass is 32.2. The molecule has 1 aliphatic rings. The van der Waals surface area contributed by atoms with Gasteiger partial charge >= 0.3 is 0 Å². The van der Waals surface area contributed by atoms with Crippen LogP contribution in [-0.2, 0) is 9.59 Å². The molecule has 1 heterocycles. The molecule has 0 saturated carbocycles. The average Bonchev–Trinajstić information content (AvgIpc) is 2.86. The first-order valence-corrected chi connectivity index (χ1v) is 10.3. The molecule has 0 fully saturated rings. The molecule has 28 heavy (non-hydrogen) atoms. The predicted octanol–water partition coefficient (Wildman–Crippen LogP) is 5.21.